The molecule has 4 N–H and O–H groups in total. The van der Waals surface area contributed by atoms with E-state index in [4.69, 9.17) is 0 Å². The number of hydrogen-bond donors (Lipinski definition) is 4. The van der Waals surface area contributed by atoms with Crippen molar-refractivity contribution in [2.45, 2.75) is 186 Å². The molecular formula is C37H69NO6S. The van der Waals surface area contributed by atoms with Crippen LogP contribution in [0.5, 0.6) is 0 Å². The molecule has 0 aromatic carbocycles. The van der Waals surface area contributed by atoms with Gasteiger partial charge in [-0.1, -0.05) is 147 Å². The van der Waals surface area contributed by atoms with Crippen LogP contribution in [0.2, 0.25) is 0 Å². The van der Waals surface area contributed by atoms with E-state index in [2.05, 4.69) is 43.5 Å². The fourth-order valence-electron chi connectivity index (χ4n) is 5.29. The standard InChI is InChI=1S/C37H69NO6S/c1-3-5-7-9-11-13-15-16-17-18-19-20-21-22-24-26-28-30-32-36(40)37(41)38-34(33-45(42,43)44)35(39)31-29-27-25-23-14-12-10-8-6-4-2/h14,18-19,23,29,31,34-36,39-40H,3-13,15-17,20-22,24-28,30,32-33H2,1-2H3,(H,38,41)(H,42,43,44)/b19-18-,23-14+,31-29+. The Morgan fingerprint density at radius 1 is 0.600 bits per heavy atom. The lowest BCUT2D eigenvalue weighted by Crippen LogP contribution is -2.50. The highest BCUT2D eigenvalue weighted by molar-refractivity contribution is 7.85. The number of carbonyl (C=O) groups excluding carboxylic acids is 1. The fourth-order valence-corrected chi connectivity index (χ4v) is 6.02. The molecule has 0 aromatic rings. The molecule has 0 fully saturated rings. The molecule has 264 valence electrons. The Bertz CT molecular complexity index is 870. The van der Waals surface area contributed by atoms with Crippen molar-refractivity contribution >= 4 is 16.0 Å². The van der Waals surface area contributed by atoms with Gasteiger partial charge in [0.2, 0.25) is 5.91 Å². The van der Waals surface area contributed by atoms with Crippen LogP contribution in [0.3, 0.4) is 0 Å². The number of aliphatic hydroxyl groups is 2. The maximum Gasteiger partial charge on any atom is 0.267 e. The summed E-state index contributed by atoms with van der Waals surface area (Å²) in [6.45, 7) is 4.44. The van der Waals surface area contributed by atoms with Crippen LogP contribution in [0.1, 0.15) is 168 Å². The van der Waals surface area contributed by atoms with Gasteiger partial charge in [0.1, 0.15) is 6.10 Å². The number of allylic oxidation sites excluding steroid dienone is 5. The molecular weight excluding hydrogens is 586 g/mol. The predicted molar refractivity (Wildman–Crippen MR) is 190 cm³/mol. The summed E-state index contributed by atoms with van der Waals surface area (Å²) in [5, 5.41) is 23.2. The summed E-state index contributed by atoms with van der Waals surface area (Å²) in [4.78, 5) is 12.5. The number of rotatable bonds is 32. The van der Waals surface area contributed by atoms with Crippen LogP contribution in [-0.4, -0.2) is 53.1 Å². The molecule has 45 heavy (non-hydrogen) atoms. The molecule has 0 saturated heterocycles. The molecule has 0 spiro atoms. The summed E-state index contributed by atoms with van der Waals surface area (Å²) in [5.74, 6) is -1.57. The summed E-state index contributed by atoms with van der Waals surface area (Å²) < 4.78 is 32.3. The van der Waals surface area contributed by atoms with Gasteiger partial charge in [0, 0.05) is 0 Å². The lowest BCUT2D eigenvalue weighted by molar-refractivity contribution is -0.130. The van der Waals surface area contributed by atoms with Crippen molar-refractivity contribution in [1.29, 1.82) is 0 Å². The van der Waals surface area contributed by atoms with Crippen LogP contribution < -0.4 is 5.32 Å². The zero-order valence-corrected chi connectivity index (χ0v) is 29.7. The van der Waals surface area contributed by atoms with Gasteiger partial charge in [-0.3, -0.25) is 9.35 Å². The topological polar surface area (TPSA) is 124 Å². The number of hydrogen-bond acceptors (Lipinski definition) is 5. The summed E-state index contributed by atoms with van der Waals surface area (Å²) in [6, 6.07) is -1.25. The van der Waals surface area contributed by atoms with E-state index in [1.807, 2.05) is 0 Å². The van der Waals surface area contributed by atoms with Crippen molar-refractivity contribution in [3.05, 3.63) is 36.5 Å². The van der Waals surface area contributed by atoms with Gasteiger partial charge in [-0.15, -0.1) is 0 Å². The van der Waals surface area contributed by atoms with Crippen molar-refractivity contribution in [2.75, 3.05) is 5.75 Å². The molecule has 1 amide bonds. The summed E-state index contributed by atoms with van der Waals surface area (Å²) >= 11 is 0. The predicted octanol–water partition coefficient (Wildman–Crippen LogP) is 9.15. The fraction of sp³-hybridized carbons (Fsp3) is 0.811. The maximum absolute atomic E-state index is 12.5. The van der Waals surface area contributed by atoms with Crippen molar-refractivity contribution in [2.24, 2.45) is 0 Å². The van der Waals surface area contributed by atoms with Gasteiger partial charge in [-0.25, -0.2) is 0 Å². The first-order valence-corrected chi connectivity index (χ1v) is 19.9. The lowest BCUT2D eigenvalue weighted by atomic mass is 10.0. The molecule has 8 heteroatoms. The average Bonchev–Trinajstić information content (AvgIpc) is 3.00. The smallest absolute Gasteiger partial charge is 0.267 e. The van der Waals surface area contributed by atoms with Gasteiger partial charge < -0.3 is 15.5 Å². The molecule has 0 aliphatic rings. The molecule has 0 heterocycles. The summed E-state index contributed by atoms with van der Waals surface area (Å²) in [7, 11) is -4.44. The number of carbonyl (C=O) groups is 1. The van der Waals surface area contributed by atoms with Gasteiger partial charge in [0.15, 0.2) is 0 Å². The molecule has 0 aliphatic heterocycles. The molecule has 7 nitrogen and oxygen atoms in total. The highest BCUT2D eigenvalue weighted by atomic mass is 32.2. The Morgan fingerprint density at radius 3 is 1.49 bits per heavy atom. The Labute approximate surface area is 277 Å². The van der Waals surface area contributed by atoms with Crippen molar-refractivity contribution in [1.82, 2.24) is 5.32 Å². The van der Waals surface area contributed by atoms with E-state index in [9.17, 15) is 28.0 Å². The van der Waals surface area contributed by atoms with Gasteiger partial charge in [0.25, 0.3) is 10.1 Å². The van der Waals surface area contributed by atoms with E-state index >= 15 is 0 Å². The minimum atomic E-state index is -4.44. The maximum atomic E-state index is 12.5. The Morgan fingerprint density at radius 2 is 1.00 bits per heavy atom. The minimum Gasteiger partial charge on any atom is -0.387 e. The second kappa shape index (κ2) is 31.1. The second-order valence-corrected chi connectivity index (χ2v) is 14.1. The van der Waals surface area contributed by atoms with E-state index in [0.29, 0.717) is 12.8 Å². The van der Waals surface area contributed by atoms with Crippen LogP contribution in [0.15, 0.2) is 36.5 Å². The highest BCUT2D eigenvalue weighted by Crippen LogP contribution is 2.13. The van der Waals surface area contributed by atoms with Gasteiger partial charge >= 0.3 is 0 Å². The van der Waals surface area contributed by atoms with Crippen molar-refractivity contribution < 1.29 is 28.0 Å². The van der Waals surface area contributed by atoms with Crippen LogP contribution in [0.4, 0.5) is 0 Å². The highest BCUT2D eigenvalue weighted by Gasteiger charge is 2.27. The summed E-state index contributed by atoms with van der Waals surface area (Å²) in [6.07, 6.45) is 36.4. The van der Waals surface area contributed by atoms with Gasteiger partial charge in [0.05, 0.1) is 17.9 Å². The molecule has 0 aromatic heterocycles. The van der Waals surface area contributed by atoms with Crippen molar-refractivity contribution in [3.63, 3.8) is 0 Å². The molecule has 0 aliphatic carbocycles. The van der Waals surface area contributed by atoms with Gasteiger partial charge in [-0.05, 0) is 57.8 Å². The largest absolute Gasteiger partial charge is 0.387 e. The molecule has 0 radical (unpaired) electrons. The quantitative estimate of drug-likeness (QED) is 0.0326. The SMILES string of the molecule is CCCCCC/C=C/CC/C=C/C(O)C(CS(=O)(=O)O)NC(=O)C(O)CCCCCCCC/C=C\CCCCCCCCCC. The lowest BCUT2D eigenvalue weighted by Gasteiger charge is -2.22. The third-order valence-electron chi connectivity index (χ3n) is 8.15. The molecule has 0 saturated carbocycles. The zero-order chi connectivity index (χ0) is 33.4. The van der Waals surface area contributed by atoms with E-state index in [0.717, 1.165) is 38.5 Å². The third-order valence-corrected chi connectivity index (χ3v) is 8.93. The number of aliphatic hydroxyl groups excluding tert-OH is 2. The Hall–Kier alpha value is -1.48. The van der Waals surface area contributed by atoms with Crippen LogP contribution in [-0.2, 0) is 14.9 Å². The Kier molecular flexibility index (Phi) is 30.1. The first-order chi connectivity index (χ1) is 21.7. The monoisotopic (exact) mass is 655 g/mol. The van der Waals surface area contributed by atoms with Crippen molar-refractivity contribution in [3.8, 4) is 0 Å². The summed E-state index contributed by atoms with van der Waals surface area (Å²) in [5.41, 5.74) is 0. The second-order valence-electron chi connectivity index (χ2n) is 12.6. The van der Waals surface area contributed by atoms with Gasteiger partial charge in [-0.2, -0.15) is 8.42 Å². The van der Waals surface area contributed by atoms with Crippen LogP contribution in [0, 0.1) is 0 Å². The number of amides is 1. The Balaban J connectivity index is 4.09. The van der Waals surface area contributed by atoms with Crippen LogP contribution in [0.25, 0.3) is 0 Å². The normalized spacial score (nSPS) is 14.5. The third kappa shape index (κ3) is 30.9. The van der Waals surface area contributed by atoms with E-state index in [-0.39, 0.29) is 6.42 Å². The molecule has 0 rings (SSSR count). The first kappa shape index (κ1) is 43.5. The van der Waals surface area contributed by atoms with E-state index in [1.54, 1.807) is 6.08 Å². The minimum absolute atomic E-state index is 0.266. The molecule has 3 atom stereocenters. The van der Waals surface area contributed by atoms with E-state index < -0.39 is 40.0 Å². The average molecular weight is 656 g/mol. The van der Waals surface area contributed by atoms with E-state index in [1.165, 1.54) is 102 Å². The zero-order valence-electron chi connectivity index (χ0n) is 28.8. The molecule has 0 bridgehead atoms. The number of unbranched alkanes of at least 4 members (excludes halogenated alkanes) is 19. The first-order valence-electron chi connectivity index (χ1n) is 18.3. The molecule has 3 unspecified atom stereocenters. The number of nitrogens with one attached hydrogen (secondary N) is 1. The van der Waals surface area contributed by atoms with Crippen LogP contribution >= 0.6 is 0 Å².